The molecule has 1 amide bonds. The molecule has 1 fully saturated rings. The van der Waals surface area contributed by atoms with Crippen LogP contribution in [0.4, 0.5) is 11.5 Å². The minimum Gasteiger partial charge on any atom is -0.457 e. The number of nitrogens with zero attached hydrogens (tertiary/aromatic N) is 4. The van der Waals surface area contributed by atoms with Crippen molar-refractivity contribution in [3.63, 3.8) is 0 Å². The molecule has 1 saturated heterocycles. The van der Waals surface area contributed by atoms with Crippen LogP contribution >= 0.6 is 0 Å². The average molecular weight is 403 g/mol. The Morgan fingerprint density at radius 2 is 1.80 bits per heavy atom. The van der Waals surface area contributed by atoms with Crippen molar-refractivity contribution in [3.8, 4) is 11.5 Å². The predicted octanol–water partition coefficient (Wildman–Crippen LogP) is 3.58. The lowest BCUT2D eigenvalue weighted by molar-refractivity contribution is 0.102. The summed E-state index contributed by atoms with van der Waals surface area (Å²) in [5.74, 6) is 2.04. The number of piperazine rings is 1. The number of pyridine rings is 2. The second-order valence-corrected chi connectivity index (χ2v) is 7.41. The number of carbonyl (C=O) groups excluding carboxylic acids is 1. The molecular formula is C23H25N5O2. The predicted molar refractivity (Wildman–Crippen MR) is 117 cm³/mol. The maximum Gasteiger partial charge on any atom is 0.255 e. The molecular weight excluding hydrogens is 378 g/mol. The van der Waals surface area contributed by atoms with E-state index in [0.717, 1.165) is 37.6 Å². The Hall–Kier alpha value is -3.45. The van der Waals surface area contributed by atoms with Crippen LogP contribution < -0.4 is 15.0 Å². The molecule has 1 aliphatic heterocycles. The Morgan fingerprint density at radius 1 is 1.03 bits per heavy atom. The number of amides is 1. The number of hydrogen-bond donors (Lipinski definition) is 1. The van der Waals surface area contributed by atoms with Crippen LogP contribution in [0.15, 0.2) is 61.1 Å². The van der Waals surface area contributed by atoms with Gasteiger partial charge in [-0.1, -0.05) is 6.07 Å². The highest BCUT2D eigenvalue weighted by atomic mass is 16.5. The van der Waals surface area contributed by atoms with Gasteiger partial charge in [-0.05, 0) is 55.9 Å². The van der Waals surface area contributed by atoms with Crippen LogP contribution in [-0.2, 0) is 0 Å². The van der Waals surface area contributed by atoms with Crippen LogP contribution in [0.2, 0.25) is 0 Å². The van der Waals surface area contributed by atoms with E-state index < -0.39 is 0 Å². The van der Waals surface area contributed by atoms with E-state index in [2.05, 4.69) is 32.1 Å². The van der Waals surface area contributed by atoms with E-state index in [1.165, 1.54) is 0 Å². The summed E-state index contributed by atoms with van der Waals surface area (Å²) in [6, 6.07) is 12.8. The van der Waals surface area contributed by atoms with Crippen molar-refractivity contribution in [1.82, 2.24) is 14.9 Å². The normalized spacial score (nSPS) is 14.4. The lowest BCUT2D eigenvalue weighted by Crippen LogP contribution is -2.44. The third-order valence-corrected chi connectivity index (χ3v) is 5.16. The SMILES string of the molecule is Cc1ccc(C(=O)Nc2ccc(N3CCN(C)CC3)nc2)cc1Oc1ccncc1. The van der Waals surface area contributed by atoms with Crippen molar-refractivity contribution < 1.29 is 9.53 Å². The molecule has 30 heavy (non-hydrogen) atoms. The second kappa shape index (κ2) is 8.92. The van der Waals surface area contributed by atoms with E-state index in [0.29, 0.717) is 22.7 Å². The van der Waals surface area contributed by atoms with Gasteiger partial charge in [0.15, 0.2) is 0 Å². The highest BCUT2D eigenvalue weighted by molar-refractivity contribution is 6.04. The molecule has 3 heterocycles. The van der Waals surface area contributed by atoms with Crippen LogP contribution in [0.1, 0.15) is 15.9 Å². The Kier molecular flexibility index (Phi) is 5.90. The van der Waals surface area contributed by atoms with E-state index >= 15 is 0 Å². The van der Waals surface area contributed by atoms with Crippen molar-refractivity contribution in [2.45, 2.75) is 6.92 Å². The number of hydrogen-bond acceptors (Lipinski definition) is 6. The molecule has 1 aromatic carbocycles. The molecule has 0 spiro atoms. The van der Waals surface area contributed by atoms with Crippen LogP contribution in [0.25, 0.3) is 0 Å². The molecule has 0 aliphatic carbocycles. The number of aromatic nitrogens is 2. The third-order valence-electron chi connectivity index (χ3n) is 5.16. The monoisotopic (exact) mass is 403 g/mol. The highest BCUT2D eigenvalue weighted by Gasteiger charge is 2.15. The number of ether oxygens (including phenoxy) is 1. The summed E-state index contributed by atoms with van der Waals surface area (Å²) in [5, 5.41) is 2.91. The molecule has 4 rings (SSSR count). The summed E-state index contributed by atoms with van der Waals surface area (Å²) in [6.45, 7) is 5.91. The number of benzene rings is 1. The maximum absolute atomic E-state index is 12.7. The summed E-state index contributed by atoms with van der Waals surface area (Å²) >= 11 is 0. The van der Waals surface area contributed by atoms with Gasteiger partial charge < -0.3 is 19.9 Å². The summed E-state index contributed by atoms with van der Waals surface area (Å²) in [7, 11) is 2.13. The highest BCUT2D eigenvalue weighted by Crippen LogP contribution is 2.26. The number of carbonyl (C=O) groups is 1. The molecule has 7 heteroatoms. The fourth-order valence-electron chi connectivity index (χ4n) is 3.27. The molecule has 154 valence electrons. The van der Waals surface area contributed by atoms with Gasteiger partial charge in [0.1, 0.15) is 17.3 Å². The first-order chi connectivity index (χ1) is 14.6. The van der Waals surface area contributed by atoms with Gasteiger partial charge in [-0.15, -0.1) is 0 Å². The van der Waals surface area contributed by atoms with E-state index in [1.54, 1.807) is 42.9 Å². The number of rotatable bonds is 5. The fourth-order valence-corrected chi connectivity index (χ4v) is 3.27. The quantitative estimate of drug-likeness (QED) is 0.702. The summed E-state index contributed by atoms with van der Waals surface area (Å²) in [6.07, 6.45) is 5.04. The second-order valence-electron chi connectivity index (χ2n) is 7.41. The standard InChI is InChI=1S/C23H25N5O2/c1-17-3-4-18(15-21(17)30-20-7-9-24-10-8-20)23(29)26-19-5-6-22(25-16-19)28-13-11-27(2)12-14-28/h3-10,15-16H,11-14H2,1-2H3,(H,26,29). The first kappa shape index (κ1) is 19.8. The van der Waals surface area contributed by atoms with Gasteiger partial charge in [-0.25, -0.2) is 4.98 Å². The molecule has 1 aliphatic rings. The third kappa shape index (κ3) is 4.75. The van der Waals surface area contributed by atoms with Gasteiger partial charge in [0.2, 0.25) is 0 Å². The van der Waals surface area contributed by atoms with E-state index in [9.17, 15) is 4.79 Å². The number of anilines is 2. The Bertz CT molecular complexity index is 1000. The zero-order valence-electron chi connectivity index (χ0n) is 17.2. The molecule has 0 bridgehead atoms. The van der Waals surface area contributed by atoms with E-state index in [4.69, 9.17) is 4.74 Å². The fraction of sp³-hybridized carbons (Fsp3) is 0.261. The van der Waals surface area contributed by atoms with Crippen LogP contribution in [0, 0.1) is 6.92 Å². The van der Waals surface area contributed by atoms with Crippen molar-refractivity contribution in [1.29, 1.82) is 0 Å². The van der Waals surface area contributed by atoms with Gasteiger partial charge in [0, 0.05) is 44.1 Å². The van der Waals surface area contributed by atoms with Crippen LogP contribution in [0.5, 0.6) is 11.5 Å². The van der Waals surface area contributed by atoms with Gasteiger partial charge >= 0.3 is 0 Å². The largest absolute Gasteiger partial charge is 0.457 e. The first-order valence-corrected chi connectivity index (χ1v) is 9.98. The summed E-state index contributed by atoms with van der Waals surface area (Å²) in [4.78, 5) is 25.8. The first-order valence-electron chi connectivity index (χ1n) is 9.98. The van der Waals surface area contributed by atoms with Crippen molar-refractivity contribution >= 4 is 17.4 Å². The van der Waals surface area contributed by atoms with E-state index in [1.807, 2.05) is 25.1 Å². The van der Waals surface area contributed by atoms with E-state index in [-0.39, 0.29) is 5.91 Å². The molecule has 1 N–H and O–H groups in total. The summed E-state index contributed by atoms with van der Waals surface area (Å²) in [5.41, 5.74) is 2.13. The molecule has 0 saturated carbocycles. The van der Waals surface area contributed by atoms with Crippen LogP contribution in [-0.4, -0.2) is 54.0 Å². The lowest BCUT2D eigenvalue weighted by atomic mass is 10.1. The number of likely N-dealkylation sites (N-methyl/N-ethyl adjacent to an activating group) is 1. The minimum absolute atomic E-state index is 0.205. The Morgan fingerprint density at radius 3 is 2.50 bits per heavy atom. The van der Waals surface area contributed by atoms with Crippen molar-refractivity contribution in [2.75, 3.05) is 43.4 Å². The molecule has 0 atom stereocenters. The average Bonchev–Trinajstić information content (AvgIpc) is 2.77. The number of nitrogens with one attached hydrogen (secondary N) is 1. The minimum atomic E-state index is -0.205. The molecule has 3 aromatic rings. The number of aryl methyl sites for hydroxylation is 1. The molecule has 0 radical (unpaired) electrons. The summed E-state index contributed by atoms with van der Waals surface area (Å²) < 4.78 is 5.90. The molecule has 2 aromatic heterocycles. The zero-order valence-corrected chi connectivity index (χ0v) is 17.2. The maximum atomic E-state index is 12.7. The Balaban J connectivity index is 1.43. The molecule has 0 unspecified atom stereocenters. The van der Waals surface area contributed by atoms with Gasteiger partial charge in [-0.3, -0.25) is 9.78 Å². The topological polar surface area (TPSA) is 70.6 Å². The molecule has 7 nitrogen and oxygen atoms in total. The zero-order chi connectivity index (χ0) is 20.9. The smallest absolute Gasteiger partial charge is 0.255 e. The Labute approximate surface area is 176 Å². The van der Waals surface area contributed by atoms with Crippen molar-refractivity contribution in [3.05, 3.63) is 72.2 Å². The van der Waals surface area contributed by atoms with Gasteiger partial charge in [-0.2, -0.15) is 0 Å². The van der Waals surface area contributed by atoms with Crippen LogP contribution in [0.3, 0.4) is 0 Å². The lowest BCUT2D eigenvalue weighted by Gasteiger charge is -2.33. The van der Waals surface area contributed by atoms with Gasteiger partial charge in [0.05, 0.1) is 11.9 Å². The van der Waals surface area contributed by atoms with Gasteiger partial charge in [0.25, 0.3) is 5.91 Å². The van der Waals surface area contributed by atoms with Crippen molar-refractivity contribution in [2.24, 2.45) is 0 Å².